The van der Waals surface area contributed by atoms with Gasteiger partial charge < -0.3 is 10.2 Å². The number of benzene rings is 2. The molecule has 2 heterocycles. The summed E-state index contributed by atoms with van der Waals surface area (Å²) in [6.45, 7) is 0.823. The van der Waals surface area contributed by atoms with Gasteiger partial charge in [0.05, 0.1) is 15.8 Å². The van der Waals surface area contributed by atoms with Crippen molar-refractivity contribution >= 4 is 34.6 Å². The van der Waals surface area contributed by atoms with Gasteiger partial charge in [-0.2, -0.15) is 0 Å². The minimum atomic E-state index is -0.790. The van der Waals surface area contributed by atoms with E-state index in [1.165, 1.54) is 34.9 Å². The second-order valence-corrected chi connectivity index (χ2v) is 8.39. The molecule has 0 radical (unpaired) electrons. The van der Waals surface area contributed by atoms with Crippen LogP contribution in [-0.2, 0) is 11.3 Å². The molecular weight excluding hydrogens is 427 g/mol. The summed E-state index contributed by atoms with van der Waals surface area (Å²) in [4.78, 5) is 27.7. The summed E-state index contributed by atoms with van der Waals surface area (Å²) in [6, 6.07) is 7.06. The number of likely N-dealkylation sites (N-methyl/N-ethyl adjacent to an activating group) is 1. The first-order valence-electron chi connectivity index (χ1n) is 9.41. The van der Waals surface area contributed by atoms with Gasteiger partial charge in [-0.25, -0.2) is 13.2 Å². The fraction of sp³-hybridized carbons (Fsp3) is 0.182. The summed E-state index contributed by atoms with van der Waals surface area (Å²) >= 11 is 1.04. The Bertz CT molecular complexity index is 1380. The average molecular weight is 445 g/mol. The SMILES string of the molecule is CN(C)CCn1c(=O)/c(=C/c2ccc(F)cc2F)s/c1=C1\C(=O)Nc2cc(F)ccc21. The number of aromatic nitrogens is 1. The number of amides is 1. The smallest absolute Gasteiger partial charge is 0.269 e. The third-order valence-electron chi connectivity index (χ3n) is 4.87. The lowest BCUT2D eigenvalue weighted by atomic mass is 10.1. The summed E-state index contributed by atoms with van der Waals surface area (Å²) in [6.07, 6.45) is 1.34. The Labute approximate surface area is 179 Å². The van der Waals surface area contributed by atoms with Crippen LogP contribution in [0.4, 0.5) is 18.9 Å². The van der Waals surface area contributed by atoms with Gasteiger partial charge in [-0.3, -0.25) is 14.2 Å². The van der Waals surface area contributed by atoms with Gasteiger partial charge in [0.15, 0.2) is 0 Å². The quantitative estimate of drug-likeness (QED) is 0.667. The zero-order valence-electron chi connectivity index (χ0n) is 16.7. The van der Waals surface area contributed by atoms with Crippen LogP contribution < -0.4 is 20.1 Å². The van der Waals surface area contributed by atoms with Crippen molar-refractivity contribution in [1.82, 2.24) is 9.47 Å². The molecule has 0 spiro atoms. The van der Waals surface area contributed by atoms with Crippen molar-refractivity contribution in [3.8, 4) is 0 Å². The number of nitrogens with one attached hydrogen (secondary N) is 1. The lowest BCUT2D eigenvalue weighted by molar-refractivity contribution is -0.110. The molecule has 2 aromatic carbocycles. The summed E-state index contributed by atoms with van der Waals surface area (Å²) in [5.41, 5.74) is 0.756. The van der Waals surface area contributed by atoms with E-state index in [4.69, 9.17) is 0 Å². The molecule has 0 bridgehead atoms. The van der Waals surface area contributed by atoms with E-state index in [0.29, 0.717) is 29.0 Å². The number of hydrogen-bond acceptors (Lipinski definition) is 4. The number of anilines is 1. The van der Waals surface area contributed by atoms with Crippen LogP contribution in [0.15, 0.2) is 41.2 Å². The zero-order valence-corrected chi connectivity index (χ0v) is 17.5. The Hall–Kier alpha value is -3.17. The predicted molar refractivity (Wildman–Crippen MR) is 114 cm³/mol. The minimum Gasteiger partial charge on any atom is -0.321 e. The Balaban J connectivity index is 2.00. The van der Waals surface area contributed by atoms with Gasteiger partial charge in [-0.05, 0) is 50.5 Å². The molecule has 9 heteroatoms. The minimum absolute atomic E-state index is 0.0643. The van der Waals surface area contributed by atoms with Crippen LogP contribution in [0, 0.1) is 17.5 Å². The molecule has 0 unspecified atom stereocenters. The fourth-order valence-corrected chi connectivity index (χ4v) is 4.51. The van der Waals surface area contributed by atoms with E-state index in [1.54, 1.807) is 0 Å². The molecule has 1 amide bonds. The Morgan fingerprint density at radius 3 is 2.48 bits per heavy atom. The molecule has 0 fully saturated rings. The Kier molecular flexibility index (Phi) is 5.55. The highest BCUT2D eigenvalue weighted by Crippen LogP contribution is 2.30. The zero-order chi connectivity index (χ0) is 22.3. The highest BCUT2D eigenvalue weighted by Gasteiger charge is 2.27. The number of fused-ring (bicyclic) bond motifs is 1. The van der Waals surface area contributed by atoms with Gasteiger partial charge >= 0.3 is 0 Å². The largest absolute Gasteiger partial charge is 0.321 e. The first kappa shape index (κ1) is 21.1. The summed E-state index contributed by atoms with van der Waals surface area (Å²) in [5.74, 6) is -2.44. The first-order chi connectivity index (χ1) is 14.7. The van der Waals surface area contributed by atoms with Gasteiger partial charge in [0.2, 0.25) is 0 Å². The molecule has 0 aliphatic carbocycles. The third kappa shape index (κ3) is 4.06. The first-order valence-corrected chi connectivity index (χ1v) is 10.2. The number of hydrogen-bond donors (Lipinski definition) is 1. The molecule has 3 aromatic rings. The van der Waals surface area contributed by atoms with E-state index in [-0.39, 0.29) is 21.2 Å². The second kappa shape index (κ2) is 8.16. The van der Waals surface area contributed by atoms with Crippen LogP contribution in [-0.4, -0.2) is 36.0 Å². The molecule has 1 aliphatic rings. The average Bonchev–Trinajstić information content (AvgIpc) is 3.17. The Morgan fingerprint density at radius 1 is 1.06 bits per heavy atom. The van der Waals surface area contributed by atoms with Crippen molar-refractivity contribution in [3.63, 3.8) is 0 Å². The van der Waals surface area contributed by atoms with E-state index in [9.17, 15) is 22.8 Å². The van der Waals surface area contributed by atoms with Gasteiger partial charge in [0, 0.05) is 30.3 Å². The number of carbonyl (C=O) groups excluding carboxylic acids is 1. The van der Waals surface area contributed by atoms with Crippen molar-refractivity contribution < 1.29 is 18.0 Å². The third-order valence-corrected chi connectivity index (χ3v) is 6.00. The molecule has 4 rings (SSSR count). The normalized spacial score (nSPS) is 15.5. The lowest BCUT2D eigenvalue weighted by Gasteiger charge is -2.10. The Morgan fingerprint density at radius 2 is 1.77 bits per heavy atom. The molecule has 1 aromatic heterocycles. The van der Waals surface area contributed by atoms with E-state index < -0.39 is 23.4 Å². The summed E-state index contributed by atoms with van der Waals surface area (Å²) in [7, 11) is 3.71. The standard InChI is InChI=1S/C22H18F3N3O2S/c1-27(2)7-8-28-21(30)18(9-12-3-4-13(23)10-16(12)25)31-22(28)19-15-6-5-14(24)11-17(15)26-20(19)29/h3-6,9-11H,7-8H2,1-2H3,(H,26,29)/b18-9-,22-19-. The van der Waals surface area contributed by atoms with Crippen LogP contribution in [0.1, 0.15) is 11.1 Å². The van der Waals surface area contributed by atoms with Crippen molar-refractivity contribution in [2.75, 3.05) is 26.0 Å². The number of halogens is 3. The van der Waals surface area contributed by atoms with Crippen molar-refractivity contribution in [2.24, 2.45) is 0 Å². The number of thiazole rings is 1. The van der Waals surface area contributed by atoms with E-state index in [1.807, 2.05) is 19.0 Å². The molecule has 0 saturated heterocycles. The van der Waals surface area contributed by atoms with E-state index in [0.717, 1.165) is 23.5 Å². The number of nitrogens with zero attached hydrogens (tertiary/aromatic N) is 2. The van der Waals surface area contributed by atoms with Gasteiger partial charge in [0.1, 0.15) is 22.1 Å². The van der Waals surface area contributed by atoms with Crippen LogP contribution in [0.25, 0.3) is 11.6 Å². The maximum absolute atomic E-state index is 14.1. The highest BCUT2D eigenvalue weighted by atomic mass is 32.1. The molecular formula is C22H18F3N3O2S. The molecule has 160 valence electrons. The summed E-state index contributed by atoms with van der Waals surface area (Å²) in [5, 5.41) is 2.63. The lowest BCUT2D eigenvalue weighted by Crippen LogP contribution is -2.36. The highest BCUT2D eigenvalue weighted by molar-refractivity contribution is 7.07. The van der Waals surface area contributed by atoms with E-state index >= 15 is 0 Å². The topological polar surface area (TPSA) is 54.3 Å². The molecule has 31 heavy (non-hydrogen) atoms. The van der Waals surface area contributed by atoms with Gasteiger partial charge in [0.25, 0.3) is 11.5 Å². The molecule has 1 aliphatic heterocycles. The predicted octanol–water partition coefficient (Wildman–Crippen LogP) is 1.87. The van der Waals surface area contributed by atoms with Crippen LogP contribution >= 0.6 is 11.3 Å². The molecule has 0 atom stereocenters. The maximum Gasteiger partial charge on any atom is 0.269 e. The van der Waals surface area contributed by atoms with Crippen molar-refractivity contribution in [3.05, 3.63) is 84.5 Å². The van der Waals surface area contributed by atoms with Crippen molar-refractivity contribution in [1.29, 1.82) is 0 Å². The monoisotopic (exact) mass is 445 g/mol. The van der Waals surface area contributed by atoms with Gasteiger partial charge in [-0.15, -0.1) is 11.3 Å². The second-order valence-electron chi connectivity index (χ2n) is 7.36. The number of carbonyl (C=O) groups is 1. The summed E-state index contributed by atoms with van der Waals surface area (Å²) < 4.78 is 43.0. The number of rotatable bonds is 4. The van der Waals surface area contributed by atoms with E-state index in [2.05, 4.69) is 5.32 Å². The molecule has 1 N–H and O–H groups in total. The van der Waals surface area contributed by atoms with Crippen LogP contribution in [0.2, 0.25) is 0 Å². The molecule has 5 nitrogen and oxygen atoms in total. The van der Waals surface area contributed by atoms with Crippen LogP contribution in [0.5, 0.6) is 0 Å². The maximum atomic E-state index is 14.1. The van der Waals surface area contributed by atoms with Gasteiger partial charge in [-0.1, -0.05) is 0 Å². The fourth-order valence-electron chi connectivity index (χ4n) is 3.33. The van der Waals surface area contributed by atoms with Crippen LogP contribution in [0.3, 0.4) is 0 Å². The molecule has 0 saturated carbocycles. The van der Waals surface area contributed by atoms with Crippen molar-refractivity contribution in [2.45, 2.75) is 6.54 Å².